The van der Waals surface area contributed by atoms with E-state index >= 15 is 0 Å². The molecular weight excluding hydrogens is 375 g/mol. The van der Waals surface area contributed by atoms with Crippen molar-refractivity contribution in [2.75, 3.05) is 18.1 Å². The van der Waals surface area contributed by atoms with E-state index in [0.29, 0.717) is 23.5 Å². The Kier molecular flexibility index (Phi) is 5.89. The van der Waals surface area contributed by atoms with Crippen molar-refractivity contribution in [2.45, 2.75) is 38.9 Å². The average molecular weight is 399 g/mol. The highest BCUT2D eigenvalue weighted by Gasteiger charge is 2.32. The lowest BCUT2D eigenvalue weighted by Gasteiger charge is -2.27. The number of unbranched alkanes of at least 4 members (excludes halogenated alkanes) is 1. The van der Waals surface area contributed by atoms with Crippen LogP contribution < -0.4 is 0 Å². The van der Waals surface area contributed by atoms with Gasteiger partial charge in [-0.2, -0.15) is 5.10 Å². The van der Waals surface area contributed by atoms with Crippen LogP contribution >= 0.6 is 12.2 Å². The number of nitrogens with zero attached hydrogens (tertiary/aromatic N) is 4. The van der Waals surface area contributed by atoms with Gasteiger partial charge in [0.15, 0.2) is 9.84 Å². The molecule has 0 bridgehead atoms. The number of halogens is 1. The topological polar surface area (TPSA) is 60.1 Å². The van der Waals surface area contributed by atoms with Gasteiger partial charge in [0.2, 0.25) is 4.77 Å². The fraction of sp³-hybridized carbons (Fsp3) is 0.529. The van der Waals surface area contributed by atoms with E-state index in [-0.39, 0.29) is 23.4 Å². The minimum Gasteiger partial charge on any atom is -0.280 e. The first-order valence-corrected chi connectivity index (χ1v) is 11.0. The average Bonchev–Trinajstić information content (AvgIpc) is 3.14. The van der Waals surface area contributed by atoms with Gasteiger partial charge in [0.25, 0.3) is 0 Å². The van der Waals surface area contributed by atoms with Crippen LogP contribution in [0.25, 0.3) is 5.69 Å². The van der Waals surface area contributed by atoms with Crippen molar-refractivity contribution in [1.29, 1.82) is 0 Å². The number of aromatic nitrogens is 3. The molecule has 9 heteroatoms. The van der Waals surface area contributed by atoms with E-state index < -0.39 is 9.84 Å². The number of hydrogen-bond acceptors (Lipinski definition) is 5. The van der Waals surface area contributed by atoms with Crippen LogP contribution in [-0.2, 0) is 16.5 Å². The maximum Gasteiger partial charge on any atom is 0.203 e. The molecule has 1 aliphatic rings. The van der Waals surface area contributed by atoms with Gasteiger partial charge < -0.3 is 0 Å². The standard InChI is InChI=1S/C17H23FN4O2S2/c1-2-3-9-20(14-8-10-26(23,24)11-14)13-22-17(25)21(12-19-22)16-7-5-4-6-15(16)18/h4-7,12,14H,2-3,8-11,13H2,1H3. The minimum absolute atomic E-state index is 0.0212. The highest BCUT2D eigenvalue weighted by Crippen LogP contribution is 2.20. The molecule has 0 spiro atoms. The Morgan fingerprint density at radius 1 is 1.38 bits per heavy atom. The van der Waals surface area contributed by atoms with E-state index in [1.54, 1.807) is 22.9 Å². The van der Waals surface area contributed by atoms with Gasteiger partial charge in [0.1, 0.15) is 12.1 Å². The Labute approximate surface area is 158 Å². The zero-order valence-electron chi connectivity index (χ0n) is 14.7. The SMILES string of the molecule is CCCCN(Cn1ncn(-c2ccccc2F)c1=S)C1CCS(=O)(=O)C1. The highest BCUT2D eigenvalue weighted by molar-refractivity contribution is 7.91. The van der Waals surface area contributed by atoms with E-state index in [1.807, 2.05) is 0 Å². The molecule has 1 aromatic carbocycles. The summed E-state index contributed by atoms with van der Waals surface area (Å²) in [4.78, 5) is 2.13. The summed E-state index contributed by atoms with van der Waals surface area (Å²) < 4.78 is 41.3. The number of hydrogen-bond donors (Lipinski definition) is 0. The Morgan fingerprint density at radius 2 is 2.15 bits per heavy atom. The highest BCUT2D eigenvalue weighted by atomic mass is 32.2. The van der Waals surface area contributed by atoms with Crippen LogP contribution in [0.3, 0.4) is 0 Å². The van der Waals surface area contributed by atoms with Crippen molar-refractivity contribution in [1.82, 2.24) is 19.2 Å². The van der Waals surface area contributed by atoms with E-state index in [0.717, 1.165) is 19.4 Å². The van der Waals surface area contributed by atoms with Crippen molar-refractivity contribution in [2.24, 2.45) is 0 Å². The van der Waals surface area contributed by atoms with Gasteiger partial charge in [-0.3, -0.25) is 9.47 Å². The smallest absolute Gasteiger partial charge is 0.203 e. The first-order chi connectivity index (χ1) is 12.4. The Bertz CT molecular complexity index is 923. The summed E-state index contributed by atoms with van der Waals surface area (Å²) in [5.74, 6) is 0.0424. The second-order valence-corrected chi connectivity index (χ2v) is 9.19. The molecule has 1 aliphatic heterocycles. The predicted molar refractivity (Wildman–Crippen MR) is 101 cm³/mol. The molecule has 0 N–H and O–H groups in total. The van der Waals surface area contributed by atoms with Crippen molar-refractivity contribution in [3.8, 4) is 5.69 Å². The van der Waals surface area contributed by atoms with Crippen molar-refractivity contribution >= 4 is 22.1 Å². The van der Waals surface area contributed by atoms with Gasteiger partial charge >= 0.3 is 0 Å². The molecule has 1 aromatic heterocycles. The third kappa shape index (κ3) is 4.21. The van der Waals surface area contributed by atoms with Crippen LogP contribution in [0.2, 0.25) is 0 Å². The van der Waals surface area contributed by atoms with Crippen molar-refractivity contribution in [3.63, 3.8) is 0 Å². The summed E-state index contributed by atoms with van der Waals surface area (Å²) in [5.41, 5.74) is 0.354. The summed E-state index contributed by atoms with van der Waals surface area (Å²) >= 11 is 5.47. The molecule has 0 saturated carbocycles. The molecule has 1 atom stereocenters. The molecule has 0 aliphatic carbocycles. The first-order valence-electron chi connectivity index (χ1n) is 8.75. The number of rotatable bonds is 7. The third-order valence-electron chi connectivity index (χ3n) is 4.68. The Balaban J connectivity index is 1.84. The fourth-order valence-electron chi connectivity index (χ4n) is 3.21. The molecule has 2 heterocycles. The maximum absolute atomic E-state index is 14.0. The second-order valence-electron chi connectivity index (χ2n) is 6.60. The lowest BCUT2D eigenvalue weighted by molar-refractivity contribution is 0.152. The van der Waals surface area contributed by atoms with E-state index in [2.05, 4.69) is 16.9 Å². The molecule has 0 amide bonds. The van der Waals surface area contributed by atoms with Crippen molar-refractivity contribution < 1.29 is 12.8 Å². The predicted octanol–water partition coefficient (Wildman–Crippen LogP) is 2.79. The Morgan fingerprint density at radius 3 is 2.81 bits per heavy atom. The van der Waals surface area contributed by atoms with Crippen molar-refractivity contribution in [3.05, 3.63) is 41.2 Å². The van der Waals surface area contributed by atoms with Crippen LogP contribution in [0.1, 0.15) is 26.2 Å². The number of sulfone groups is 1. The van der Waals surface area contributed by atoms with E-state index in [9.17, 15) is 12.8 Å². The zero-order valence-corrected chi connectivity index (χ0v) is 16.3. The Hall–Kier alpha value is -1.58. The molecule has 0 radical (unpaired) electrons. The normalized spacial score (nSPS) is 19.3. The van der Waals surface area contributed by atoms with Crippen LogP contribution in [0.5, 0.6) is 0 Å². The lowest BCUT2D eigenvalue weighted by Crippen LogP contribution is -2.38. The van der Waals surface area contributed by atoms with Gasteiger partial charge in [0, 0.05) is 12.6 Å². The fourth-order valence-corrected chi connectivity index (χ4v) is 5.22. The number of benzene rings is 1. The zero-order chi connectivity index (χ0) is 18.7. The summed E-state index contributed by atoms with van der Waals surface area (Å²) in [5, 5.41) is 4.31. The quantitative estimate of drug-likeness (QED) is 0.671. The summed E-state index contributed by atoms with van der Waals surface area (Å²) in [6, 6.07) is 6.38. The van der Waals surface area contributed by atoms with Crippen LogP contribution in [0.4, 0.5) is 4.39 Å². The maximum atomic E-state index is 14.0. The van der Waals surface area contributed by atoms with Crippen LogP contribution in [0.15, 0.2) is 30.6 Å². The van der Waals surface area contributed by atoms with Gasteiger partial charge in [-0.15, -0.1) is 0 Å². The summed E-state index contributed by atoms with van der Waals surface area (Å²) in [7, 11) is -2.96. The monoisotopic (exact) mass is 398 g/mol. The molecule has 26 heavy (non-hydrogen) atoms. The van der Waals surface area contributed by atoms with Crippen LogP contribution in [-0.4, -0.2) is 51.8 Å². The largest absolute Gasteiger partial charge is 0.280 e. The van der Waals surface area contributed by atoms with Gasteiger partial charge in [-0.1, -0.05) is 25.5 Å². The molecule has 1 saturated heterocycles. The first kappa shape index (κ1) is 19.2. The minimum atomic E-state index is -2.96. The third-order valence-corrected chi connectivity index (χ3v) is 6.84. The van der Waals surface area contributed by atoms with Gasteiger partial charge in [-0.25, -0.2) is 17.5 Å². The molecule has 142 valence electrons. The summed E-state index contributed by atoms with van der Waals surface area (Å²) in [6.45, 7) is 3.29. The number of para-hydroxylation sites is 1. The second kappa shape index (κ2) is 7.98. The summed E-state index contributed by atoms with van der Waals surface area (Å²) in [6.07, 6.45) is 4.13. The lowest BCUT2D eigenvalue weighted by atomic mass is 10.2. The van der Waals surface area contributed by atoms with Gasteiger partial charge in [0.05, 0.1) is 23.9 Å². The molecule has 3 rings (SSSR count). The molecule has 2 aromatic rings. The molecule has 1 unspecified atom stereocenters. The van der Waals surface area contributed by atoms with E-state index in [1.165, 1.54) is 17.0 Å². The van der Waals surface area contributed by atoms with Gasteiger partial charge in [-0.05, 0) is 37.2 Å². The van der Waals surface area contributed by atoms with Crippen LogP contribution in [0, 0.1) is 10.6 Å². The molecule has 1 fully saturated rings. The molecular formula is C17H23FN4O2S2. The molecule has 6 nitrogen and oxygen atoms in total. The van der Waals surface area contributed by atoms with E-state index in [4.69, 9.17) is 12.2 Å².